The van der Waals surface area contributed by atoms with Crippen molar-refractivity contribution in [3.63, 3.8) is 0 Å². The summed E-state index contributed by atoms with van der Waals surface area (Å²) in [4.78, 5) is 17.4. The number of likely N-dealkylation sites (N-methyl/N-ethyl adjacent to an activating group) is 1. The van der Waals surface area contributed by atoms with Crippen LogP contribution in [0.4, 0.5) is 5.69 Å². The first-order chi connectivity index (χ1) is 11.0. The highest BCUT2D eigenvalue weighted by molar-refractivity contribution is 5.93. The van der Waals surface area contributed by atoms with Gasteiger partial charge in [-0.2, -0.15) is 0 Å². The molecule has 0 spiro atoms. The molecule has 2 heterocycles. The minimum absolute atomic E-state index is 0.0447. The highest BCUT2D eigenvalue weighted by Crippen LogP contribution is 2.42. The predicted octanol–water partition coefficient (Wildman–Crippen LogP) is 3.85. The number of aromatic nitrogens is 1. The van der Waals surface area contributed by atoms with Gasteiger partial charge in [-0.3, -0.25) is 10.1 Å². The van der Waals surface area contributed by atoms with Crippen LogP contribution in [0.1, 0.15) is 37.1 Å². The molecule has 6 heteroatoms. The lowest BCUT2D eigenvalue weighted by atomic mass is 10.00. The molecular formula is C17H17N3O3. The van der Waals surface area contributed by atoms with Crippen LogP contribution < -0.4 is 0 Å². The molecule has 1 aromatic carbocycles. The molecular weight excluding hydrogens is 294 g/mol. The van der Waals surface area contributed by atoms with Gasteiger partial charge in [-0.1, -0.05) is 11.6 Å². The van der Waals surface area contributed by atoms with E-state index < -0.39 is 0 Å². The van der Waals surface area contributed by atoms with Gasteiger partial charge in [0.1, 0.15) is 5.52 Å². The number of hydrogen-bond acceptors (Lipinski definition) is 5. The highest BCUT2D eigenvalue weighted by atomic mass is 16.6. The van der Waals surface area contributed by atoms with Crippen LogP contribution in [0.5, 0.6) is 0 Å². The number of nitro benzene ring substituents is 1. The number of nitro groups is 1. The molecule has 0 N–H and O–H groups in total. The van der Waals surface area contributed by atoms with E-state index in [2.05, 4.69) is 16.0 Å². The summed E-state index contributed by atoms with van der Waals surface area (Å²) in [6.45, 7) is 2.90. The Hall–Kier alpha value is -2.63. The summed E-state index contributed by atoms with van der Waals surface area (Å²) in [7, 11) is 1.99. The summed E-state index contributed by atoms with van der Waals surface area (Å²) in [6.07, 6.45) is 6.20. The lowest BCUT2D eigenvalue weighted by molar-refractivity contribution is -0.384. The van der Waals surface area contributed by atoms with Gasteiger partial charge >= 0.3 is 0 Å². The quantitative estimate of drug-likeness (QED) is 0.636. The first kappa shape index (κ1) is 14.0. The Kier molecular flexibility index (Phi) is 3.01. The molecule has 118 valence electrons. The number of allylic oxidation sites excluding steroid dienone is 2. The molecule has 23 heavy (non-hydrogen) atoms. The van der Waals surface area contributed by atoms with Crippen molar-refractivity contribution in [2.75, 3.05) is 13.6 Å². The van der Waals surface area contributed by atoms with E-state index in [4.69, 9.17) is 4.42 Å². The van der Waals surface area contributed by atoms with E-state index in [0.29, 0.717) is 22.9 Å². The van der Waals surface area contributed by atoms with Crippen molar-refractivity contribution in [2.45, 2.75) is 25.7 Å². The van der Waals surface area contributed by atoms with Crippen LogP contribution in [0.25, 0.3) is 16.7 Å². The SMILES string of the molecule is CC1=CC(c2cc([N+](=O)[O-])cc3nc(C4CC4)oc23)=CN(C)C1. The van der Waals surface area contributed by atoms with Crippen LogP contribution in [0, 0.1) is 10.1 Å². The Bertz CT molecular complexity index is 875. The van der Waals surface area contributed by atoms with Gasteiger partial charge < -0.3 is 9.32 Å². The topological polar surface area (TPSA) is 72.4 Å². The van der Waals surface area contributed by atoms with Gasteiger partial charge in [0.25, 0.3) is 5.69 Å². The van der Waals surface area contributed by atoms with Crippen LogP contribution in [0.3, 0.4) is 0 Å². The zero-order chi connectivity index (χ0) is 16.1. The summed E-state index contributed by atoms with van der Waals surface area (Å²) in [6, 6.07) is 3.08. The van der Waals surface area contributed by atoms with Gasteiger partial charge in [-0.25, -0.2) is 4.98 Å². The molecule has 0 radical (unpaired) electrons. The first-order valence-electron chi connectivity index (χ1n) is 7.70. The van der Waals surface area contributed by atoms with E-state index in [1.54, 1.807) is 6.07 Å². The van der Waals surface area contributed by atoms with Crippen LogP contribution >= 0.6 is 0 Å². The number of fused-ring (bicyclic) bond motifs is 1. The van der Waals surface area contributed by atoms with E-state index in [-0.39, 0.29) is 10.6 Å². The number of non-ortho nitro benzene ring substituents is 1. The maximum absolute atomic E-state index is 11.3. The first-order valence-corrected chi connectivity index (χ1v) is 7.70. The molecule has 2 aliphatic rings. The molecule has 0 unspecified atom stereocenters. The molecule has 0 bridgehead atoms. The molecule has 1 aliphatic heterocycles. The number of hydrogen-bond donors (Lipinski definition) is 0. The Morgan fingerprint density at radius 2 is 2.17 bits per heavy atom. The third kappa shape index (κ3) is 2.50. The van der Waals surface area contributed by atoms with E-state index >= 15 is 0 Å². The largest absolute Gasteiger partial charge is 0.440 e. The summed E-state index contributed by atoms with van der Waals surface area (Å²) in [5.74, 6) is 1.07. The minimum Gasteiger partial charge on any atom is -0.440 e. The summed E-state index contributed by atoms with van der Waals surface area (Å²) in [5, 5.41) is 11.3. The lowest BCUT2D eigenvalue weighted by Crippen LogP contribution is -2.17. The van der Waals surface area contributed by atoms with Gasteiger partial charge in [-0.05, 0) is 19.8 Å². The second kappa shape index (κ2) is 4.94. The highest BCUT2D eigenvalue weighted by Gasteiger charge is 2.30. The van der Waals surface area contributed by atoms with Crippen molar-refractivity contribution < 1.29 is 9.34 Å². The second-order valence-electron chi connectivity index (χ2n) is 6.42. The van der Waals surface area contributed by atoms with Gasteiger partial charge in [0.15, 0.2) is 11.5 Å². The Balaban J connectivity index is 1.94. The lowest BCUT2D eigenvalue weighted by Gasteiger charge is -2.21. The number of benzene rings is 1. The Morgan fingerprint density at radius 1 is 1.39 bits per heavy atom. The van der Waals surface area contributed by atoms with Gasteiger partial charge in [-0.15, -0.1) is 0 Å². The molecule has 4 rings (SSSR count). The van der Waals surface area contributed by atoms with Gasteiger partial charge in [0.05, 0.1) is 4.92 Å². The molecule has 1 saturated carbocycles. The predicted molar refractivity (Wildman–Crippen MR) is 87.0 cm³/mol. The van der Waals surface area contributed by atoms with Crippen molar-refractivity contribution in [3.8, 4) is 0 Å². The molecule has 1 aliphatic carbocycles. The van der Waals surface area contributed by atoms with E-state index in [1.165, 1.54) is 11.6 Å². The average Bonchev–Trinajstić information content (AvgIpc) is 3.24. The maximum atomic E-state index is 11.3. The third-order valence-electron chi connectivity index (χ3n) is 4.20. The zero-order valence-electron chi connectivity index (χ0n) is 13.1. The molecule has 2 aromatic rings. The number of rotatable bonds is 3. The van der Waals surface area contributed by atoms with Crippen LogP contribution in [0.15, 0.2) is 34.4 Å². The van der Waals surface area contributed by atoms with E-state index in [9.17, 15) is 10.1 Å². The summed E-state index contributed by atoms with van der Waals surface area (Å²) >= 11 is 0. The van der Waals surface area contributed by atoms with Crippen molar-refractivity contribution >= 4 is 22.4 Å². The molecule has 0 saturated heterocycles. The molecule has 0 amide bonds. The summed E-state index contributed by atoms with van der Waals surface area (Å²) in [5.41, 5.74) is 4.11. The fraction of sp³-hybridized carbons (Fsp3) is 0.353. The number of oxazole rings is 1. The van der Waals surface area contributed by atoms with Crippen molar-refractivity contribution in [1.29, 1.82) is 0 Å². The fourth-order valence-corrected chi connectivity index (χ4v) is 3.03. The molecule has 6 nitrogen and oxygen atoms in total. The third-order valence-corrected chi connectivity index (χ3v) is 4.20. The van der Waals surface area contributed by atoms with Crippen molar-refractivity contribution in [2.24, 2.45) is 0 Å². The van der Waals surface area contributed by atoms with Gasteiger partial charge in [0, 0.05) is 49.0 Å². The smallest absolute Gasteiger partial charge is 0.272 e. The standard InChI is InChI=1S/C17H17N3O3/c1-10-5-12(9-19(2)8-10)14-6-13(20(21)22)7-15-16(14)23-17(18-15)11-3-4-11/h5-7,9,11H,3-4,8H2,1-2H3. The normalized spacial score (nSPS) is 18.1. The van der Waals surface area contributed by atoms with Crippen LogP contribution in [-0.4, -0.2) is 28.4 Å². The Morgan fingerprint density at radius 3 is 2.83 bits per heavy atom. The van der Waals surface area contributed by atoms with Crippen molar-refractivity contribution in [3.05, 3.63) is 51.6 Å². The molecule has 1 aromatic heterocycles. The Labute approximate surface area is 133 Å². The molecule has 0 atom stereocenters. The van der Waals surface area contributed by atoms with E-state index in [0.717, 1.165) is 30.5 Å². The fourth-order valence-electron chi connectivity index (χ4n) is 3.03. The van der Waals surface area contributed by atoms with Crippen LogP contribution in [0.2, 0.25) is 0 Å². The van der Waals surface area contributed by atoms with E-state index in [1.807, 2.05) is 20.2 Å². The summed E-state index contributed by atoms with van der Waals surface area (Å²) < 4.78 is 5.96. The van der Waals surface area contributed by atoms with Crippen molar-refractivity contribution in [1.82, 2.24) is 9.88 Å². The van der Waals surface area contributed by atoms with Gasteiger partial charge in [0.2, 0.25) is 0 Å². The monoisotopic (exact) mass is 311 g/mol. The maximum Gasteiger partial charge on any atom is 0.272 e. The van der Waals surface area contributed by atoms with Crippen LogP contribution in [-0.2, 0) is 0 Å². The molecule has 1 fully saturated rings. The average molecular weight is 311 g/mol. The second-order valence-corrected chi connectivity index (χ2v) is 6.42. The minimum atomic E-state index is -0.377. The zero-order valence-corrected chi connectivity index (χ0v) is 13.1. The number of nitrogens with zero attached hydrogens (tertiary/aromatic N) is 3.